The van der Waals surface area contributed by atoms with Gasteiger partial charge < -0.3 is 29.6 Å². The third-order valence-corrected chi connectivity index (χ3v) is 4.15. The Morgan fingerprint density at radius 3 is 2.44 bits per heavy atom. The van der Waals surface area contributed by atoms with E-state index in [4.69, 9.17) is 41.2 Å². The number of hydrogen-bond acceptors (Lipinski definition) is 6. The molecule has 3 N–H and O–H groups in total. The maximum absolute atomic E-state index is 9.10. The summed E-state index contributed by atoms with van der Waals surface area (Å²) in [6.45, 7) is 9.32. The van der Waals surface area contributed by atoms with Gasteiger partial charge in [-0.25, -0.2) is 9.59 Å². The molecular formula is C17H27N3O6S. The van der Waals surface area contributed by atoms with Gasteiger partial charge in [-0.3, -0.25) is 4.90 Å². The van der Waals surface area contributed by atoms with Crippen LogP contribution in [0.15, 0.2) is 22.8 Å². The highest BCUT2D eigenvalue weighted by Gasteiger charge is 2.19. The lowest BCUT2D eigenvalue weighted by atomic mass is 10.3. The minimum atomic E-state index is -1.82. The second-order valence-corrected chi connectivity index (χ2v) is 6.12. The van der Waals surface area contributed by atoms with Gasteiger partial charge in [0.05, 0.1) is 12.8 Å². The quantitative estimate of drug-likeness (QED) is 0.345. The maximum Gasteiger partial charge on any atom is 0.414 e. The molecule has 1 saturated heterocycles. The highest BCUT2D eigenvalue weighted by atomic mass is 32.1. The van der Waals surface area contributed by atoms with Gasteiger partial charge >= 0.3 is 11.9 Å². The lowest BCUT2D eigenvalue weighted by Gasteiger charge is -2.35. The van der Waals surface area contributed by atoms with Crippen molar-refractivity contribution in [3.8, 4) is 0 Å². The van der Waals surface area contributed by atoms with Crippen LogP contribution in [-0.4, -0.2) is 83.0 Å². The van der Waals surface area contributed by atoms with E-state index in [-0.39, 0.29) is 0 Å². The van der Waals surface area contributed by atoms with Crippen LogP contribution >= 0.6 is 12.2 Å². The molecule has 0 aliphatic carbocycles. The first-order valence-electron chi connectivity index (χ1n) is 8.75. The number of rotatable bonds is 7. The fraction of sp³-hybridized carbons (Fsp3) is 0.588. The third-order valence-electron chi connectivity index (χ3n) is 3.75. The van der Waals surface area contributed by atoms with Gasteiger partial charge in [0, 0.05) is 45.9 Å². The fourth-order valence-electron chi connectivity index (χ4n) is 2.36. The molecule has 9 nitrogen and oxygen atoms in total. The Bertz CT molecular complexity index is 561. The molecule has 2 rings (SSSR count). The van der Waals surface area contributed by atoms with Gasteiger partial charge in [-0.1, -0.05) is 0 Å². The second-order valence-electron chi connectivity index (χ2n) is 5.74. The van der Waals surface area contributed by atoms with Gasteiger partial charge in [0.2, 0.25) is 0 Å². The number of nitrogens with one attached hydrogen (secondary N) is 1. The molecule has 1 aromatic rings. The van der Waals surface area contributed by atoms with Gasteiger partial charge in [0.1, 0.15) is 5.76 Å². The van der Waals surface area contributed by atoms with Gasteiger partial charge in [-0.05, 0) is 37.7 Å². The zero-order chi connectivity index (χ0) is 20.1. The van der Waals surface area contributed by atoms with Crippen LogP contribution in [-0.2, 0) is 20.9 Å². The van der Waals surface area contributed by atoms with Crippen molar-refractivity contribution in [3.63, 3.8) is 0 Å². The summed E-state index contributed by atoms with van der Waals surface area (Å²) in [5.41, 5.74) is 0. The predicted molar refractivity (Wildman–Crippen MR) is 103 cm³/mol. The normalized spacial score (nSPS) is 14.2. The van der Waals surface area contributed by atoms with Crippen molar-refractivity contribution < 1.29 is 29.0 Å². The molecule has 0 amide bonds. The SMILES string of the molecule is CCOCCCNC(=S)N1CCN(Cc2ccco2)CC1.O=C(O)C(=O)O. The zero-order valence-electron chi connectivity index (χ0n) is 15.4. The van der Waals surface area contributed by atoms with Crippen molar-refractivity contribution in [2.75, 3.05) is 45.9 Å². The summed E-state index contributed by atoms with van der Waals surface area (Å²) in [6, 6.07) is 3.96. The number of nitrogens with zero attached hydrogens (tertiary/aromatic N) is 2. The molecule has 1 fully saturated rings. The molecule has 1 aromatic heterocycles. The highest BCUT2D eigenvalue weighted by Crippen LogP contribution is 2.09. The molecule has 0 spiro atoms. The van der Waals surface area contributed by atoms with Crippen LogP contribution < -0.4 is 5.32 Å². The molecule has 0 unspecified atom stereocenters. The average Bonchev–Trinajstić information content (AvgIpc) is 3.15. The Labute approximate surface area is 163 Å². The second kappa shape index (κ2) is 13.1. The summed E-state index contributed by atoms with van der Waals surface area (Å²) < 4.78 is 10.7. The minimum Gasteiger partial charge on any atom is -0.473 e. The molecule has 0 radical (unpaired) electrons. The molecule has 10 heteroatoms. The van der Waals surface area contributed by atoms with E-state index < -0.39 is 11.9 Å². The summed E-state index contributed by atoms with van der Waals surface area (Å²) in [5.74, 6) is -2.62. The first kappa shape index (κ1) is 22.9. The lowest BCUT2D eigenvalue weighted by Crippen LogP contribution is -2.51. The van der Waals surface area contributed by atoms with E-state index in [9.17, 15) is 0 Å². The molecular weight excluding hydrogens is 374 g/mol. The van der Waals surface area contributed by atoms with Crippen LogP contribution in [0.5, 0.6) is 0 Å². The smallest absolute Gasteiger partial charge is 0.414 e. The molecule has 0 aromatic carbocycles. The van der Waals surface area contributed by atoms with Crippen molar-refractivity contribution in [2.24, 2.45) is 0 Å². The van der Waals surface area contributed by atoms with Gasteiger partial charge in [0.15, 0.2) is 5.11 Å². The first-order valence-corrected chi connectivity index (χ1v) is 9.16. The fourth-order valence-corrected chi connectivity index (χ4v) is 2.64. The van der Waals surface area contributed by atoms with E-state index in [1.54, 1.807) is 6.26 Å². The van der Waals surface area contributed by atoms with Crippen LogP contribution in [0.1, 0.15) is 19.1 Å². The minimum absolute atomic E-state index is 0.780. The molecule has 2 heterocycles. The Morgan fingerprint density at radius 2 is 1.93 bits per heavy atom. The molecule has 0 atom stereocenters. The Morgan fingerprint density at radius 1 is 1.26 bits per heavy atom. The summed E-state index contributed by atoms with van der Waals surface area (Å²) in [6.07, 6.45) is 2.72. The third kappa shape index (κ3) is 9.92. The van der Waals surface area contributed by atoms with E-state index in [2.05, 4.69) is 15.1 Å². The number of carboxylic acid groups (broad SMARTS) is 2. The standard InChI is InChI=1S/C15H25N3O2S.C2H2O4/c1-2-19-11-4-6-16-15(21)18-9-7-17(8-10-18)13-14-5-3-12-20-14;3-1(4)2(5)6/h3,5,12H,2,4,6-11,13H2,1H3,(H,16,21);(H,3,4)(H,5,6). The lowest BCUT2D eigenvalue weighted by molar-refractivity contribution is -0.159. The number of piperazine rings is 1. The molecule has 1 aliphatic heterocycles. The first-order chi connectivity index (χ1) is 12.9. The summed E-state index contributed by atoms with van der Waals surface area (Å²) in [5, 5.41) is 19.0. The van der Waals surface area contributed by atoms with Crippen LogP contribution in [0.2, 0.25) is 0 Å². The Hall–Kier alpha value is -2.17. The van der Waals surface area contributed by atoms with Gasteiger partial charge in [0.25, 0.3) is 0 Å². The van der Waals surface area contributed by atoms with E-state index in [0.29, 0.717) is 0 Å². The zero-order valence-corrected chi connectivity index (χ0v) is 16.2. The van der Waals surface area contributed by atoms with Crippen molar-refractivity contribution in [1.82, 2.24) is 15.1 Å². The Kier molecular flexibility index (Phi) is 11.1. The van der Waals surface area contributed by atoms with Crippen LogP contribution in [0, 0.1) is 0 Å². The number of hydrogen-bond donors (Lipinski definition) is 3. The van der Waals surface area contributed by atoms with Crippen LogP contribution in [0.3, 0.4) is 0 Å². The van der Waals surface area contributed by atoms with Crippen LogP contribution in [0.4, 0.5) is 0 Å². The summed E-state index contributed by atoms with van der Waals surface area (Å²) >= 11 is 5.44. The molecule has 152 valence electrons. The van der Waals surface area contributed by atoms with E-state index >= 15 is 0 Å². The van der Waals surface area contributed by atoms with Crippen molar-refractivity contribution >= 4 is 29.3 Å². The van der Waals surface area contributed by atoms with E-state index in [1.165, 1.54) is 0 Å². The molecule has 1 aliphatic rings. The molecule has 0 saturated carbocycles. The van der Waals surface area contributed by atoms with Crippen molar-refractivity contribution in [2.45, 2.75) is 19.9 Å². The van der Waals surface area contributed by atoms with Crippen LogP contribution in [0.25, 0.3) is 0 Å². The maximum atomic E-state index is 9.10. The van der Waals surface area contributed by atoms with Gasteiger partial charge in [-0.15, -0.1) is 0 Å². The van der Waals surface area contributed by atoms with E-state index in [0.717, 1.165) is 69.8 Å². The summed E-state index contributed by atoms with van der Waals surface area (Å²) in [7, 11) is 0. The Balaban J connectivity index is 0.000000527. The van der Waals surface area contributed by atoms with Crippen molar-refractivity contribution in [3.05, 3.63) is 24.2 Å². The van der Waals surface area contributed by atoms with Gasteiger partial charge in [-0.2, -0.15) is 0 Å². The number of thiocarbonyl (C=S) groups is 1. The number of aliphatic carboxylic acids is 2. The number of carbonyl (C=O) groups is 2. The molecule has 0 bridgehead atoms. The number of carboxylic acids is 2. The largest absolute Gasteiger partial charge is 0.473 e. The predicted octanol–water partition coefficient (Wildman–Crippen LogP) is 0.854. The van der Waals surface area contributed by atoms with Crippen molar-refractivity contribution in [1.29, 1.82) is 0 Å². The number of furan rings is 1. The topological polar surface area (TPSA) is 115 Å². The average molecular weight is 401 g/mol. The molecule has 27 heavy (non-hydrogen) atoms. The van der Waals surface area contributed by atoms with E-state index in [1.807, 2.05) is 19.1 Å². The summed E-state index contributed by atoms with van der Waals surface area (Å²) in [4.78, 5) is 22.8. The highest BCUT2D eigenvalue weighted by molar-refractivity contribution is 7.80. The monoisotopic (exact) mass is 401 g/mol. The number of ether oxygens (including phenoxy) is 1.